The van der Waals surface area contributed by atoms with Gasteiger partial charge >= 0.3 is 0 Å². The number of fused-ring (bicyclic) bond motifs is 1. The largest absolute Gasteiger partial charge is 0.422 e. The van der Waals surface area contributed by atoms with Gasteiger partial charge in [-0.15, -0.1) is 21.5 Å². The summed E-state index contributed by atoms with van der Waals surface area (Å²) in [6.45, 7) is 3.30. The molecule has 3 aliphatic rings. The third-order valence-electron chi connectivity index (χ3n) is 5.22. The van der Waals surface area contributed by atoms with Gasteiger partial charge in [0.2, 0.25) is 11.8 Å². The number of hydrogen-bond acceptors (Lipinski definition) is 6. The van der Waals surface area contributed by atoms with E-state index in [1.54, 1.807) is 0 Å². The zero-order chi connectivity index (χ0) is 15.2. The molecular weight excluding hydrogens is 310 g/mol. The zero-order valence-electron chi connectivity index (χ0n) is 13.1. The molecule has 2 aromatic heterocycles. The Labute approximate surface area is 139 Å². The second-order valence-corrected chi connectivity index (χ2v) is 8.05. The second-order valence-electron chi connectivity index (χ2n) is 7.01. The van der Waals surface area contributed by atoms with Crippen LogP contribution in [0, 0.1) is 5.92 Å². The monoisotopic (exact) mass is 331 g/mol. The van der Waals surface area contributed by atoms with Crippen molar-refractivity contribution in [3.8, 4) is 0 Å². The van der Waals surface area contributed by atoms with E-state index in [1.807, 2.05) is 11.3 Å². The van der Waals surface area contributed by atoms with Crippen molar-refractivity contribution in [2.45, 2.75) is 50.4 Å². The number of piperidine rings is 1. The lowest BCUT2D eigenvalue weighted by Crippen LogP contribution is -2.40. The molecule has 4 heterocycles. The Hall–Kier alpha value is -1.24. The highest BCUT2D eigenvalue weighted by Gasteiger charge is 2.42. The summed E-state index contributed by atoms with van der Waals surface area (Å²) in [5.41, 5.74) is 0. The van der Waals surface area contributed by atoms with E-state index in [9.17, 15) is 0 Å². The maximum Gasteiger partial charge on any atom is 0.245 e. The van der Waals surface area contributed by atoms with Crippen molar-refractivity contribution in [3.63, 3.8) is 0 Å². The quantitative estimate of drug-likeness (QED) is 0.860. The first-order chi connectivity index (χ1) is 11.3. The standard InChI is InChI=1S/C17H21N3O2S/c1-2-13(23-7-1)10-20-6-5-14-12(9-20)8-15(21-14)17-19-18-16(22-17)11-3-4-11/h1-2,7,11-12,14-15H,3-6,8-10H2/t12-,14-,15+/m0/s1. The summed E-state index contributed by atoms with van der Waals surface area (Å²) in [4.78, 5) is 4.01. The van der Waals surface area contributed by atoms with E-state index in [2.05, 4.69) is 32.6 Å². The van der Waals surface area contributed by atoms with Crippen molar-refractivity contribution in [1.82, 2.24) is 15.1 Å². The van der Waals surface area contributed by atoms with Gasteiger partial charge in [0.1, 0.15) is 6.10 Å². The summed E-state index contributed by atoms with van der Waals surface area (Å²) in [5, 5.41) is 10.6. The third-order valence-corrected chi connectivity index (χ3v) is 6.08. The van der Waals surface area contributed by atoms with Gasteiger partial charge in [-0.1, -0.05) is 6.07 Å². The molecule has 0 spiro atoms. The van der Waals surface area contributed by atoms with Crippen LogP contribution in [0.1, 0.15) is 54.4 Å². The zero-order valence-corrected chi connectivity index (χ0v) is 13.9. The third kappa shape index (κ3) is 2.84. The molecule has 5 rings (SSSR count). The first-order valence-electron chi connectivity index (χ1n) is 8.58. The Morgan fingerprint density at radius 1 is 1.22 bits per heavy atom. The molecule has 2 saturated heterocycles. The number of nitrogens with zero attached hydrogens (tertiary/aromatic N) is 3. The van der Waals surface area contributed by atoms with Gasteiger partial charge in [0.25, 0.3) is 0 Å². The van der Waals surface area contributed by atoms with E-state index >= 15 is 0 Å². The summed E-state index contributed by atoms with van der Waals surface area (Å²) >= 11 is 1.84. The molecule has 0 N–H and O–H groups in total. The summed E-state index contributed by atoms with van der Waals surface area (Å²) in [5.74, 6) is 2.62. The summed E-state index contributed by atoms with van der Waals surface area (Å²) in [6.07, 6.45) is 4.86. The predicted octanol–water partition coefficient (Wildman–Crippen LogP) is 3.36. The molecular formula is C17H21N3O2S. The van der Waals surface area contributed by atoms with E-state index in [1.165, 1.54) is 17.7 Å². The molecule has 5 nitrogen and oxygen atoms in total. The summed E-state index contributed by atoms with van der Waals surface area (Å²) in [7, 11) is 0. The van der Waals surface area contributed by atoms with Gasteiger partial charge in [-0.25, -0.2) is 0 Å². The second kappa shape index (κ2) is 5.69. The first kappa shape index (κ1) is 14.1. The number of ether oxygens (including phenoxy) is 1. The van der Waals surface area contributed by atoms with Crippen LogP contribution in [0.25, 0.3) is 0 Å². The van der Waals surface area contributed by atoms with E-state index in [-0.39, 0.29) is 6.10 Å². The number of likely N-dealkylation sites (tertiary alicyclic amines) is 1. The maximum atomic E-state index is 6.23. The minimum atomic E-state index is 0.00619. The van der Waals surface area contributed by atoms with Gasteiger partial charge in [0, 0.05) is 36.3 Å². The lowest BCUT2D eigenvalue weighted by molar-refractivity contribution is -0.00967. The fourth-order valence-electron chi connectivity index (χ4n) is 3.83. The van der Waals surface area contributed by atoms with Crippen LogP contribution >= 0.6 is 11.3 Å². The van der Waals surface area contributed by atoms with Crippen molar-refractivity contribution in [2.75, 3.05) is 13.1 Å². The molecule has 0 bridgehead atoms. The van der Waals surface area contributed by atoms with Crippen LogP contribution < -0.4 is 0 Å². The first-order valence-corrected chi connectivity index (χ1v) is 9.46. The minimum Gasteiger partial charge on any atom is -0.422 e. The lowest BCUT2D eigenvalue weighted by Gasteiger charge is -2.33. The Bertz CT molecular complexity index is 667. The number of rotatable bonds is 4. The van der Waals surface area contributed by atoms with Crippen LogP contribution in [0.3, 0.4) is 0 Å². The van der Waals surface area contributed by atoms with Crippen molar-refractivity contribution < 1.29 is 9.15 Å². The molecule has 122 valence electrons. The minimum absolute atomic E-state index is 0.00619. The molecule has 3 fully saturated rings. The molecule has 1 saturated carbocycles. The maximum absolute atomic E-state index is 6.23. The molecule has 2 aliphatic heterocycles. The Kier molecular flexibility index (Phi) is 3.49. The number of aromatic nitrogens is 2. The molecule has 0 unspecified atom stereocenters. The highest BCUT2D eigenvalue weighted by Crippen LogP contribution is 2.43. The van der Waals surface area contributed by atoms with Crippen molar-refractivity contribution in [3.05, 3.63) is 34.2 Å². The van der Waals surface area contributed by atoms with Crippen LogP contribution in [0.4, 0.5) is 0 Å². The number of thiophene rings is 1. The molecule has 2 aromatic rings. The summed E-state index contributed by atoms with van der Waals surface area (Å²) in [6, 6.07) is 4.36. The molecule has 23 heavy (non-hydrogen) atoms. The Balaban J connectivity index is 1.23. The Morgan fingerprint density at radius 2 is 2.13 bits per heavy atom. The fraction of sp³-hybridized carbons (Fsp3) is 0.647. The van der Waals surface area contributed by atoms with Crippen molar-refractivity contribution in [2.24, 2.45) is 5.92 Å². The SMILES string of the molecule is c1csc(CN2CC[C@@H]3O[C@@H](c4nnc(C5CC5)o4)C[C@H]3C2)c1. The molecule has 0 amide bonds. The highest BCUT2D eigenvalue weighted by molar-refractivity contribution is 7.09. The van der Waals surface area contributed by atoms with Crippen molar-refractivity contribution in [1.29, 1.82) is 0 Å². The van der Waals surface area contributed by atoms with Gasteiger partial charge in [-0.2, -0.15) is 0 Å². The Morgan fingerprint density at radius 3 is 2.96 bits per heavy atom. The van der Waals surface area contributed by atoms with E-state index < -0.39 is 0 Å². The molecule has 1 aliphatic carbocycles. The van der Waals surface area contributed by atoms with Gasteiger partial charge in [0.05, 0.1) is 6.10 Å². The molecule has 0 radical (unpaired) electrons. The van der Waals surface area contributed by atoms with E-state index in [0.717, 1.165) is 38.4 Å². The number of hydrogen-bond donors (Lipinski definition) is 0. The fourth-order valence-corrected chi connectivity index (χ4v) is 4.58. The van der Waals surface area contributed by atoms with Gasteiger partial charge in [0.15, 0.2) is 0 Å². The average Bonchev–Trinajstić information content (AvgIpc) is 2.99. The molecule has 6 heteroatoms. The normalized spacial score (nSPS) is 31.4. The van der Waals surface area contributed by atoms with Crippen LogP contribution in [0.15, 0.2) is 21.9 Å². The van der Waals surface area contributed by atoms with Gasteiger partial charge in [-0.05, 0) is 37.1 Å². The highest BCUT2D eigenvalue weighted by atomic mass is 32.1. The average molecular weight is 331 g/mol. The topological polar surface area (TPSA) is 51.4 Å². The molecule has 0 aromatic carbocycles. The lowest BCUT2D eigenvalue weighted by atomic mass is 9.93. The summed E-state index contributed by atoms with van der Waals surface area (Å²) < 4.78 is 12.1. The van der Waals surface area contributed by atoms with Crippen LogP contribution in [0.5, 0.6) is 0 Å². The molecule has 3 atom stereocenters. The van der Waals surface area contributed by atoms with Crippen LogP contribution in [-0.2, 0) is 11.3 Å². The smallest absolute Gasteiger partial charge is 0.245 e. The van der Waals surface area contributed by atoms with Crippen LogP contribution in [-0.4, -0.2) is 34.3 Å². The van der Waals surface area contributed by atoms with E-state index in [0.29, 0.717) is 23.8 Å². The van der Waals surface area contributed by atoms with Crippen LogP contribution in [0.2, 0.25) is 0 Å². The van der Waals surface area contributed by atoms with Crippen molar-refractivity contribution >= 4 is 11.3 Å². The van der Waals surface area contributed by atoms with Gasteiger partial charge in [-0.3, -0.25) is 4.90 Å². The van der Waals surface area contributed by atoms with E-state index in [4.69, 9.17) is 9.15 Å². The predicted molar refractivity (Wildman–Crippen MR) is 86.2 cm³/mol. The van der Waals surface area contributed by atoms with Gasteiger partial charge < -0.3 is 9.15 Å².